The van der Waals surface area contributed by atoms with E-state index in [4.69, 9.17) is 16.9 Å². The molecule has 0 atom stereocenters. The van der Waals surface area contributed by atoms with Gasteiger partial charge in [-0.05, 0) is 24.3 Å². The maximum absolute atomic E-state index is 12.6. The maximum Gasteiger partial charge on any atom is 0.416 e. The molecule has 0 radical (unpaired) electrons. The zero-order valence-corrected chi connectivity index (χ0v) is 10.1. The summed E-state index contributed by atoms with van der Waals surface area (Å²) in [4.78, 5) is 3.91. The average Bonchev–Trinajstić information content (AvgIpc) is 2.38. The van der Waals surface area contributed by atoms with E-state index in [1.54, 1.807) is 0 Å². The van der Waals surface area contributed by atoms with Crippen LogP contribution in [0.1, 0.15) is 11.1 Å². The fourth-order valence-electron chi connectivity index (χ4n) is 1.53. The average molecular weight is 283 g/mol. The van der Waals surface area contributed by atoms with Crippen molar-refractivity contribution in [1.82, 2.24) is 4.98 Å². The topological polar surface area (TPSA) is 36.7 Å². The van der Waals surface area contributed by atoms with Gasteiger partial charge in [0.05, 0.1) is 16.8 Å². The summed E-state index contributed by atoms with van der Waals surface area (Å²) in [6, 6.07) is 9.48. The number of nitriles is 1. The fourth-order valence-corrected chi connectivity index (χ4v) is 1.73. The zero-order chi connectivity index (χ0) is 14.0. The first-order chi connectivity index (χ1) is 8.91. The third kappa shape index (κ3) is 2.85. The second-order valence-electron chi connectivity index (χ2n) is 3.73. The zero-order valence-electron chi connectivity index (χ0n) is 9.37. The Morgan fingerprint density at radius 3 is 2.47 bits per heavy atom. The van der Waals surface area contributed by atoms with Crippen LogP contribution in [-0.4, -0.2) is 4.98 Å². The van der Waals surface area contributed by atoms with Crippen molar-refractivity contribution >= 4 is 11.6 Å². The predicted molar refractivity (Wildman–Crippen MR) is 64.4 cm³/mol. The first-order valence-corrected chi connectivity index (χ1v) is 5.54. The van der Waals surface area contributed by atoms with Gasteiger partial charge in [-0.1, -0.05) is 23.7 Å². The van der Waals surface area contributed by atoms with E-state index in [0.717, 1.165) is 12.1 Å². The van der Waals surface area contributed by atoms with Crippen LogP contribution >= 0.6 is 11.6 Å². The van der Waals surface area contributed by atoms with E-state index in [0.29, 0.717) is 5.56 Å². The number of pyridine rings is 1. The van der Waals surface area contributed by atoms with Gasteiger partial charge < -0.3 is 0 Å². The molecule has 1 heterocycles. The van der Waals surface area contributed by atoms with Crippen molar-refractivity contribution in [1.29, 1.82) is 5.26 Å². The van der Waals surface area contributed by atoms with Gasteiger partial charge in [0, 0.05) is 5.56 Å². The standard InChI is InChI=1S/C13H6ClF3N2/c14-12-9(7-18)4-5-11(19-12)8-2-1-3-10(6-8)13(15,16)17/h1-6H. The molecular weight excluding hydrogens is 277 g/mol. The van der Waals surface area contributed by atoms with E-state index in [9.17, 15) is 13.2 Å². The molecule has 0 aliphatic carbocycles. The van der Waals surface area contributed by atoms with E-state index in [1.165, 1.54) is 24.3 Å². The van der Waals surface area contributed by atoms with Crippen molar-refractivity contribution in [3.63, 3.8) is 0 Å². The molecule has 1 aromatic carbocycles. The van der Waals surface area contributed by atoms with E-state index >= 15 is 0 Å². The van der Waals surface area contributed by atoms with Gasteiger partial charge in [-0.2, -0.15) is 18.4 Å². The summed E-state index contributed by atoms with van der Waals surface area (Å²) in [5.41, 5.74) is 0.000916. The molecule has 2 aromatic rings. The third-order valence-electron chi connectivity index (χ3n) is 2.45. The highest BCUT2D eigenvalue weighted by Gasteiger charge is 2.30. The van der Waals surface area contributed by atoms with Gasteiger partial charge in [0.25, 0.3) is 0 Å². The van der Waals surface area contributed by atoms with Crippen LogP contribution in [0.25, 0.3) is 11.3 Å². The highest BCUT2D eigenvalue weighted by Crippen LogP contribution is 2.32. The number of benzene rings is 1. The minimum Gasteiger partial charge on any atom is -0.235 e. The number of nitrogens with zero attached hydrogens (tertiary/aromatic N) is 2. The molecule has 0 bridgehead atoms. The SMILES string of the molecule is N#Cc1ccc(-c2cccc(C(F)(F)F)c2)nc1Cl. The van der Waals surface area contributed by atoms with Crippen LogP contribution < -0.4 is 0 Å². The molecule has 1 aromatic heterocycles. The van der Waals surface area contributed by atoms with Gasteiger partial charge in [-0.25, -0.2) is 4.98 Å². The fraction of sp³-hybridized carbons (Fsp3) is 0.0769. The summed E-state index contributed by atoms with van der Waals surface area (Å²) in [6.07, 6.45) is -4.41. The lowest BCUT2D eigenvalue weighted by atomic mass is 10.1. The molecule has 0 fully saturated rings. The molecule has 2 nitrogen and oxygen atoms in total. The number of hydrogen-bond acceptors (Lipinski definition) is 2. The Bertz CT molecular complexity index is 660. The molecule has 19 heavy (non-hydrogen) atoms. The maximum atomic E-state index is 12.6. The van der Waals surface area contributed by atoms with Crippen LogP contribution in [-0.2, 0) is 6.18 Å². The monoisotopic (exact) mass is 282 g/mol. The molecule has 6 heteroatoms. The largest absolute Gasteiger partial charge is 0.416 e. The molecule has 0 spiro atoms. The molecule has 0 saturated heterocycles. The van der Waals surface area contributed by atoms with Crippen LogP contribution in [0.3, 0.4) is 0 Å². The highest BCUT2D eigenvalue weighted by molar-refractivity contribution is 6.30. The third-order valence-corrected chi connectivity index (χ3v) is 2.74. The van der Waals surface area contributed by atoms with Crippen LogP contribution in [0.5, 0.6) is 0 Å². The van der Waals surface area contributed by atoms with Crippen molar-refractivity contribution in [2.45, 2.75) is 6.18 Å². The van der Waals surface area contributed by atoms with Crippen molar-refractivity contribution in [3.8, 4) is 17.3 Å². The summed E-state index contributed by atoms with van der Waals surface area (Å²) in [5, 5.41) is 8.68. The highest BCUT2D eigenvalue weighted by atomic mass is 35.5. The summed E-state index contributed by atoms with van der Waals surface area (Å²) in [7, 11) is 0. The second kappa shape index (κ2) is 4.90. The molecule has 0 aliphatic rings. The van der Waals surface area contributed by atoms with Crippen molar-refractivity contribution in [2.24, 2.45) is 0 Å². The van der Waals surface area contributed by atoms with E-state index < -0.39 is 11.7 Å². The van der Waals surface area contributed by atoms with Crippen molar-refractivity contribution in [3.05, 3.63) is 52.7 Å². The van der Waals surface area contributed by atoms with Crippen molar-refractivity contribution in [2.75, 3.05) is 0 Å². The van der Waals surface area contributed by atoms with Gasteiger partial charge in [0.15, 0.2) is 0 Å². The summed E-state index contributed by atoms with van der Waals surface area (Å²) < 4.78 is 37.8. The lowest BCUT2D eigenvalue weighted by Gasteiger charge is -2.08. The summed E-state index contributed by atoms with van der Waals surface area (Å²) >= 11 is 5.75. The van der Waals surface area contributed by atoms with E-state index in [2.05, 4.69) is 4.98 Å². The smallest absolute Gasteiger partial charge is 0.235 e. The molecule has 0 N–H and O–H groups in total. The number of alkyl halides is 3. The Labute approximate surface area is 112 Å². The first-order valence-electron chi connectivity index (χ1n) is 5.16. The Balaban J connectivity index is 2.48. The van der Waals surface area contributed by atoms with Gasteiger partial charge in [0.1, 0.15) is 11.2 Å². The van der Waals surface area contributed by atoms with Crippen LogP contribution in [0, 0.1) is 11.3 Å². The van der Waals surface area contributed by atoms with Crippen LogP contribution in [0.2, 0.25) is 5.15 Å². The van der Waals surface area contributed by atoms with Gasteiger partial charge >= 0.3 is 6.18 Å². The van der Waals surface area contributed by atoms with Crippen molar-refractivity contribution < 1.29 is 13.2 Å². The Morgan fingerprint density at radius 2 is 1.89 bits per heavy atom. The first kappa shape index (κ1) is 13.4. The van der Waals surface area contributed by atoms with Gasteiger partial charge in [-0.3, -0.25) is 0 Å². The van der Waals surface area contributed by atoms with Gasteiger partial charge in [-0.15, -0.1) is 0 Å². The molecule has 96 valence electrons. The molecule has 0 amide bonds. The molecular formula is C13H6ClF3N2. The molecule has 0 aliphatic heterocycles. The predicted octanol–water partition coefficient (Wildman–Crippen LogP) is 4.29. The number of halogens is 4. The number of hydrogen-bond donors (Lipinski definition) is 0. The molecule has 0 saturated carbocycles. The Morgan fingerprint density at radius 1 is 1.16 bits per heavy atom. The second-order valence-corrected chi connectivity index (χ2v) is 4.08. The van der Waals surface area contributed by atoms with E-state index in [-0.39, 0.29) is 16.4 Å². The molecule has 0 unspecified atom stereocenters. The minimum atomic E-state index is -4.41. The lowest BCUT2D eigenvalue weighted by Crippen LogP contribution is -2.04. The number of rotatable bonds is 1. The summed E-state index contributed by atoms with van der Waals surface area (Å²) in [6.45, 7) is 0. The normalized spacial score (nSPS) is 11.1. The van der Waals surface area contributed by atoms with Crippen LogP contribution in [0.15, 0.2) is 36.4 Å². The van der Waals surface area contributed by atoms with Gasteiger partial charge in [0.2, 0.25) is 0 Å². The quantitative estimate of drug-likeness (QED) is 0.732. The van der Waals surface area contributed by atoms with E-state index in [1.807, 2.05) is 6.07 Å². The lowest BCUT2D eigenvalue weighted by molar-refractivity contribution is -0.137. The Hall–Kier alpha value is -2.06. The summed E-state index contributed by atoms with van der Waals surface area (Å²) in [5.74, 6) is 0. The minimum absolute atomic E-state index is 0.0302. The molecule has 2 rings (SSSR count). The van der Waals surface area contributed by atoms with Crippen LogP contribution in [0.4, 0.5) is 13.2 Å². The Kier molecular flexibility index (Phi) is 3.45. The number of aromatic nitrogens is 1.